The number of benzene rings is 1. The molecule has 2 aromatic rings. The maximum atomic E-state index is 12.5. The molecule has 134 valence electrons. The highest BCUT2D eigenvalue weighted by molar-refractivity contribution is 9.10. The molecule has 0 spiro atoms. The van der Waals surface area contributed by atoms with Crippen molar-refractivity contribution in [1.29, 1.82) is 0 Å². The Bertz CT molecular complexity index is 690. The van der Waals surface area contributed by atoms with Crippen LogP contribution in [0.2, 0.25) is 0 Å². The molecule has 1 N–H and O–H groups in total. The standard InChI is InChI=1S/C20H25BrN2OS/c1-2-3-4-14-5-7-16(8-6-14)19(24)23-20-22-18(13-25-20)15-9-11-17(21)12-10-15/h9-14,16H,2-8H2,1H3,(H,22,23,24). The normalized spacial score (nSPS) is 20.4. The average molecular weight is 421 g/mol. The molecule has 0 bridgehead atoms. The summed E-state index contributed by atoms with van der Waals surface area (Å²) in [5.74, 6) is 1.12. The van der Waals surface area contributed by atoms with E-state index in [1.54, 1.807) is 0 Å². The number of carbonyl (C=O) groups is 1. The van der Waals surface area contributed by atoms with Crippen LogP contribution >= 0.6 is 27.3 Å². The lowest BCUT2D eigenvalue weighted by Crippen LogP contribution is -2.27. The largest absolute Gasteiger partial charge is 0.302 e. The number of amides is 1. The highest BCUT2D eigenvalue weighted by Crippen LogP contribution is 2.33. The third kappa shape index (κ3) is 5.14. The molecule has 1 saturated carbocycles. The first-order valence-corrected chi connectivity index (χ1v) is 10.8. The minimum Gasteiger partial charge on any atom is -0.302 e. The van der Waals surface area contributed by atoms with Crippen LogP contribution in [0.4, 0.5) is 5.13 Å². The van der Waals surface area contributed by atoms with Crippen LogP contribution in [0.25, 0.3) is 11.3 Å². The van der Waals surface area contributed by atoms with E-state index in [2.05, 4.69) is 33.2 Å². The molecule has 1 aromatic carbocycles. The second-order valence-electron chi connectivity index (χ2n) is 6.89. The Kier molecular flexibility index (Phi) is 6.65. The van der Waals surface area contributed by atoms with Crippen LogP contribution in [0.15, 0.2) is 34.1 Å². The number of anilines is 1. The predicted octanol–water partition coefficient (Wildman–Crippen LogP) is 6.51. The van der Waals surface area contributed by atoms with Crippen LogP contribution < -0.4 is 5.32 Å². The fourth-order valence-corrected chi connectivity index (χ4v) is 4.48. The zero-order chi connectivity index (χ0) is 17.6. The SMILES string of the molecule is CCCCC1CCC(C(=O)Nc2nc(-c3ccc(Br)cc3)cs2)CC1. The first-order chi connectivity index (χ1) is 12.2. The smallest absolute Gasteiger partial charge is 0.229 e. The van der Waals surface area contributed by atoms with E-state index in [4.69, 9.17) is 0 Å². The molecule has 0 aliphatic heterocycles. The molecule has 0 radical (unpaired) electrons. The van der Waals surface area contributed by atoms with Gasteiger partial charge in [-0.2, -0.15) is 0 Å². The van der Waals surface area contributed by atoms with E-state index in [0.717, 1.165) is 34.5 Å². The lowest BCUT2D eigenvalue weighted by molar-refractivity contribution is -0.121. The molecule has 1 amide bonds. The number of nitrogens with one attached hydrogen (secondary N) is 1. The van der Waals surface area contributed by atoms with Crippen molar-refractivity contribution in [2.45, 2.75) is 51.9 Å². The fraction of sp³-hybridized carbons (Fsp3) is 0.500. The van der Waals surface area contributed by atoms with Gasteiger partial charge in [-0.3, -0.25) is 4.79 Å². The van der Waals surface area contributed by atoms with Crippen molar-refractivity contribution < 1.29 is 4.79 Å². The zero-order valence-electron chi connectivity index (χ0n) is 14.6. The summed E-state index contributed by atoms with van der Waals surface area (Å²) in [6.45, 7) is 2.25. The molecule has 0 atom stereocenters. The van der Waals surface area contributed by atoms with E-state index >= 15 is 0 Å². The minimum atomic E-state index is 0.144. The van der Waals surface area contributed by atoms with Gasteiger partial charge in [-0.1, -0.05) is 54.2 Å². The van der Waals surface area contributed by atoms with Gasteiger partial charge >= 0.3 is 0 Å². The molecule has 1 fully saturated rings. The van der Waals surface area contributed by atoms with Crippen LogP contribution in [-0.2, 0) is 4.79 Å². The molecule has 0 unspecified atom stereocenters. The molecule has 1 aliphatic rings. The van der Waals surface area contributed by atoms with Gasteiger partial charge in [-0.25, -0.2) is 4.98 Å². The monoisotopic (exact) mass is 420 g/mol. The van der Waals surface area contributed by atoms with Crippen LogP contribution in [-0.4, -0.2) is 10.9 Å². The van der Waals surface area contributed by atoms with Crippen molar-refractivity contribution in [2.75, 3.05) is 5.32 Å². The summed E-state index contributed by atoms with van der Waals surface area (Å²) in [5.41, 5.74) is 1.98. The minimum absolute atomic E-state index is 0.144. The number of unbranched alkanes of at least 4 members (excludes halogenated alkanes) is 1. The fourth-order valence-electron chi connectivity index (χ4n) is 3.50. The van der Waals surface area contributed by atoms with Crippen molar-refractivity contribution in [3.63, 3.8) is 0 Å². The molecule has 1 aliphatic carbocycles. The molecule has 1 aromatic heterocycles. The Morgan fingerprint density at radius 3 is 2.64 bits per heavy atom. The van der Waals surface area contributed by atoms with Gasteiger partial charge in [0.05, 0.1) is 5.69 Å². The lowest BCUT2D eigenvalue weighted by atomic mass is 9.79. The molecule has 3 nitrogen and oxygen atoms in total. The highest BCUT2D eigenvalue weighted by Gasteiger charge is 2.26. The van der Waals surface area contributed by atoms with Crippen molar-refractivity contribution in [1.82, 2.24) is 4.98 Å². The summed E-state index contributed by atoms with van der Waals surface area (Å²) >= 11 is 4.94. The number of aromatic nitrogens is 1. The quantitative estimate of drug-likeness (QED) is 0.578. The Morgan fingerprint density at radius 1 is 1.24 bits per heavy atom. The highest BCUT2D eigenvalue weighted by atomic mass is 79.9. The van der Waals surface area contributed by atoms with Crippen molar-refractivity contribution in [3.05, 3.63) is 34.1 Å². The van der Waals surface area contributed by atoms with E-state index in [9.17, 15) is 4.79 Å². The first-order valence-electron chi connectivity index (χ1n) is 9.18. The third-order valence-corrected chi connectivity index (χ3v) is 6.34. The van der Waals surface area contributed by atoms with Crippen molar-refractivity contribution >= 4 is 38.3 Å². The number of hydrogen-bond acceptors (Lipinski definition) is 3. The summed E-state index contributed by atoms with van der Waals surface area (Å²) in [6, 6.07) is 8.07. The maximum Gasteiger partial charge on any atom is 0.229 e. The number of halogens is 1. The second kappa shape index (κ2) is 8.95. The average Bonchev–Trinajstić information content (AvgIpc) is 3.09. The second-order valence-corrected chi connectivity index (χ2v) is 8.67. The molecule has 25 heavy (non-hydrogen) atoms. The summed E-state index contributed by atoms with van der Waals surface area (Å²) < 4.78 is 1.05. The number of thiazole rings is 1. The first kappa shape index (κ1) is 18.6. The Labute approximate surface area is 162 Å². The molecular formula is C20H25BrN2OS. The summed E-state index contributed by atoms with van der Waals surface area (Å²) in [7, 11) is 0. The van der Waals surface area contributed by atoms with E-state index in [1.807, 2.05) is 29.6 Å². The van der Waals surface area contributed by atoms with E-state index < -0.39 is 0 Å². The number of carbonyl (C=O) groups excluding carboxylic acids is 1. The van der Waals surface area contributed by atoms with Crippen LogP contribution in [0, 0.1) is 11.8 Å². The Balaban J connectivity index is 1.53. The summed E-state index contributed by atoms with van der Waals surface area (Å²) in [6.07, 6.45) is 8.34. The Morgan fingerprint density at radius 2 is 1.96 bits per heavy atom. The van der Waals surface area contributed by atoms with E-state index in [1.165, 1.54) is 43.4 Å². The Hall–Kier alpha value is -1.20. The van der Waals surface area contributed by atoms with Crippen LogP contribution in [0.5, 0.6) is 0 Å². The lowest BCUT2D eigenvalue weighted by Gasteiger charge is -2.27. The van der Waals surface area contributed by atoms with Gasteiger partial charge in [0.1, 0.15) is 0 Å². The van der Waals surface area contributed by atoms with Gasteiger partial charge < -0.3 is 5.32 Å². The molecule has 1 heterocycles. The molecule has 5 heteroatoms. The van der Waals surface area contributed by atoms with Gasteiger partial charge in [0.2, 0.25) is 5.91 Å². The zero-order valence-corrected chi connectivity index (χ0v) is 17.0. The number of rotatable bonds is 6. The van der Waals surface area contributed by atoms with Gasteiger partial charge in [-0.05, 0) is 43.7 Å². The van der Waals surface area contributed by atoms with E-state index in [-0.39, 0.29) is 11.8 Å². The van der Waals surface area contributed by atoms with Gasteiger partial charge in [0.25, 0.3) is 0 Å². The van der Waals surface area contributed by atoms with Crippen molar-refractivity contribution in [3.8, 4) is 11.3 Å². The number of hydrogen-bond donors (Lipinski definition) is 1. The topological polar surface area (TPSA) is 42.0 Å². The van der Waals surface area contributed by atoms with Crippen molar-refractivity contribution in [2.24, 2.45) is 11.8 Å². The molecule has 3 rings (SSSR count). The predicted molar refractivity (Wildman–Crippen MR) is 109 cm³/mol. The summed E-state index contributed by atoms with van der Waals surface area (Å²) in [4.78, 5) is 17.1. The van der Waals surface area contributed by atoms with Gasteiger partial charge in [0, 0.05) is 21.3 Å². The van der Waals surface area contributed by atoms with Crippen LogP contribution in [0.3, 0.4) is 0 Å². The van der Waals surface area contributed by atoms with E-state index in [0.29, 0.717) is 5.13 Å². The summed E-state index contributed by atoms with van der Waals surface area (Å²) in [5, 5.41) is 5.74. The molecular weight excluding hydrogens is 396 g/mol. The third-order valence-electron chi connectivity index (χ3n) is 5.06. The van der Waals surface area contributed by atoms with Gasteiger partial charge in [0.15, 0.2) is 5.13 Å². The molecule has 0 saturated heterocycles. The van der Waals surface area contributed by atoms with Gasteiger partial charge in [-0.15, -0.1) is 11.3 Å². The number of nitrogens with zero attached hydrogens (tertiary/aromatic N) is 1. The van der Waals surface area contributed by atoms with Crippen LogP contribution in [0.1, 0.15) is 51.9 Å². The maximum absolute atomic E-state index is 12.5.